The number of rotatable bonds is 10. The van der Waals surface area contributed by atoms with Crippen LogP contribution < -0.4 is 4.90 Å². The fourth-order valence-electron chi connectivity index (χ4n) is 4.77. The van der Waals surface area contributed by atoms with Crippen molar-refractivity contribution in [1.29, 1.82) is 0 Å². The maximum atomic E-state index is 6.32. The molecule has 3 aromatic rings. The molecular formula is C29H37ClN6. The molecule has 0 N–H and O–H groups in total. The highest BCUT2D eigenvalue weighted by Crippen LogP contribution is 2.29. The Morgan fingerprint density at radius 1 is 1.06 bits per heavy atom. The maximum absolute atomic E-state index is 6.32. The molecule has 0 aliphatic carbocycles. The Hall–Kier alpha value is -3.09. The minimum Gasteiger partial charge on any atom is -0.369 e. The van der Waals surface area contributed by atoms with Gasteiger partial charge in [-0.1, -0.05) is 43.7 Å². The molecule has 4 rings (SSSR count). The first-order valence-electron chi connectivity index (χ1n) is 12.8. The third kappa shape index (κ3) is 6.00. The predicted octanol–water partition coefficient (Wildman–Crippen LogP) is 6.28. The first kappa shape index (κ1) is 26.0. The van der Waals surface area contributed by atoms with Crippen LogP contribution in [0.2, 0.25) is 5.02 Å². The average molecular weight is 505 g/mol. The fraction of sp³-hybridized carbons (Fsp3) is 0.379. The standard InChI is InChI=1S/C29H37ClN6/c1-5-9-27(24-10-8-11-25(30)22-24)34(7-3)20-21-36-28(6-2)31-32-29(36)23-12-14-26(15-13-23)35-18-16-33(4)17-19-35/h6,8,10-15,20-22,27H,2,5,7,9,16-19H2,1,3-4H3/b21-20+. The van der Waals surface area contributed by atoms with E-state index in [1.165, 1.54) is 11.3 Å². The van der Waals surface area contributed by atoms with Crippen LogP contribution in [0.5, 0.6) is 0 Å². The zero-order valence-electron chi connectivity index (χ0n) is 21.6. The molecule has 1 saturated heterocycles. The molecule has 0 radical (unpaired) electrons. The Balaban J connectivity index is 1.59. The van der Waals surface area contributed by atoms with Gasteiger partial charge in [0.05, 0.1) is 6.04 Å². The third-order valence-electron chi connectivity index (χ3n) is 6.87. The molecule has 1 aliphatic rings. The second-order valence-electron chi connectivity index (χ2n) is 9.28. The van der Waals surface area contributed by atoms with E-state index in [9.17, 15) is 0 Å². The summed E-state index contributed by atoms with van der Waals surface area (Å²) in [6.07, 6.45) is 8.06. The minimum atomic E-state index is 0.241. The lowest BCUT2D eigenvalue weighted by Crippen LogP contribution is -2.44. The van der Waals surface area contributed by atoms with Crippen molar-refractivity contribution in [2.24, 2.45) is 0 Å². The van der Waals surface area contributed by atoms with E-state index in [2.05, 4.69) is 101 Å². The summed E-state index contributed by atoms with van der Waals surface area (Å²) in [6.45, 7) is 13.5. The topological polar surface area (TPSA) is 40.4 Å². The van der Waals surface area contributed by atoms with Gasteiger partial charge in [0.15, 0.2) is 11.6 Å². The number of nitrogens with zero attached hydrogens (tertiary/aromatic N) is 6. The van der Waals surface area contributed by atoms with Crippen molar-refractivity contribution in [3.8, 4) is 11.4 Å². The highest BCUT2D eigenvalue weighted by Gasteiger charge is 2.18. The van der Waals surface area contributed by atoms with Gasteiger partial charge in [0, 0.05) is 61.4 Å². The van der Waals surface area contributed by atoms with Gasteiger partial charge < -0.3 is 14.7 Å². The quantitative estimate of drug-likeness (QED) is 0.324. The summed E-state index contributed by atoms with van der Waals surface area (Å²) in [5.74, 6) is 1.52. The van der Waals surface area contributed by atoms with Crippen molar-refractivity contribution < 1.29 is 0 Å². The van der Waals surface area contributed by atoms with Gasteiger partial charge in [-0.2, -0.15) is 0 Å². The second kappa shape index (κ2) is 12.2. The largest absolute Gasteiger partial charge is 0.369 e. The number of hydrogen-bond acceptors (Lipinski definition) is 5. The van der Waals surface area contributed by atoms with Crippen molar-refractivity contribution in [2.75, 3.05) is 44.7 Å². The van der Waals surface area contributed by atoms with Gasteiger partial charge in [0.2, 0.25) is 0 Å². The van der Waals surface area contributed by atoms with Gasteiger partial charge in [-0.15, -0.1) is 10.2 Å². The summed E-state index contributed by atoms with van der Waals surface area (Å²) in [5, 5.41) is 9.64. The van der Waals surface area contributed by atoms with Crippen LogP contribution in [0.3, 0.4) is 0 Å². The van der Waals surface area contributed by atoms with E-state index in [-0.39, 0.29) is 6.04 Å². The van der Waals surface area contributed by atoms with Crippen LogP contribution >= 0.6 is 11.6 Å². The van der Waals surface area contributed by atoms with Crippen LogP contribution in [0.25, 0.3) is 23.7 Å². The fourth-order valence-corrected chi connectivity index (χ4v) is 4.96. The van der Waals surface area contributed by atoms with Crippen molar-refractivity contribution in [3.63, 3.8) is 0 Å². The van der Waals surface area contributed by atoms with E-state index in [1.54, 1.807) is 6.08 Å². The summed E-state index contributed by atoms with van der Waals surface area (Å²) in [5.41, 5.74) is 3.50. The molecule has 1 atom stereocenters. The highest BCUT2D eigenvalue weighted by molar-refractivity contribution is 6.30. The maximum Gasteiger partial charge on any atom is 0.168 e. The molecule has 0 spiro atoms. The molecule has 0 saturated carbocycles. The number of hydrogen-bond donors (Lipinski definition) is 0. The Kier molecular flexibility index (Phi) is 8.83. The monoisotopic (exact) mass is 504 g/mol. The highest BCUT2D eigenvalue weighted by atomic mass is 35.5. The molecule has 1 aliphatic heterocycles. The smallest absolute Gasteiger partial charge is 0.168 e. The van der Waals surface area contributed by atoms with E-state index in [1.807, 2.05) is 16.7 Å². The van der Waals surface area contributed by atoms with E-state index < -0.39 is 0 Å². The summed E-state index contributed by atoms with van der Waals surface area (Å²) in [6, 6.07) is 17.1. The molecule has 1 fully saturated rings. The third-order valence-corrected chi connectivity index (χ3v) is 7.10. The zero-order chi connectivity index (χ0) is 25.5. The summed E-state index contributed by atoms with van der Waals surface area (Å²) in [4.78, 5) is 7.15. The number of anilines is 1. The molecule has 7 heteroatoms. The molecule has 6 nitrogen and oxygen atoms in total. The lowest BCUT2D eigenvalue weighted by atomic mass is 10.0. The summed E-state index contributed by atoms with van der Waals surface area (Å²) >= 11 is 6.32. The van der Waals surface area contributed by atoms with Crippen molar-refractivity contribution in [3.05, 3.63) is 77.7 Å². The molecule has 190 valence electrons. The number of likely N-dealkylation sites (N-methyl/N-ethyl adjacent to an activating group) is 1. The average Bonchev–Trinajstić information content (AvgIpc) is 3.32. The first-order chi connectivity index (χ1) is 17.5. The Morgan fingerprint density at radius 2 is 1.81 bits per heavy atom. The van der Waals surface area contributed by atoms with Gasteiger partial charge in [0.25, 0.3) is 0 Å². The first-order valence-corrected chi connectivity index (χ1v) is 13.2. The minimum absolute atomic E-state index is 0.241. The zero-order valence-corrected chi connectivity index (χ0v) is 22.4. The van der Waals surface area contributed by atoms with Crippen LogP contribution in [0.1, 0.15) is 44.1 Å². The lowest BCUT2D eigenvalue weighted by Gasteiger charge is -2.34. The Labute approximate surface area is 220 Å². The number of piperazine rings is 1. The Bertz CT molecular complexity index is 1160. The number of halogens is 1. The number of aromatic nitrogens is 3. The van der Waals surface area contributed by atoms with Gasteiger partial charge in [-0.3, -0.25) is 4.57 Å². The van der Waals surface area contributed by atoms with E-state index in [4.69, 9.17) is 11.6 Å². The normalized spacial score (nSPS) is 15.4. The number of benzene rings is 2. The molecule has 2 heterocycles. The van der Waals surface area contributed by atoms with Gasteiger partial charge >= 0.3 is 0 Å². The van der Waals surface area contributed by atoms with Crippen LogP contribution in [0, 0.1) is 0 Å². The molecule has 0 amide bonds. The SMILES string of the molecule is C=Cc1nnc(-c2ccc(N3CCN(C)CC3)cc2)n1/C=C/N(CC)C(CCC)c1cccc(Cl)c1. The van der Waals surface area contributed by atoms with E-state index >= 15 is 0 Å². The van der Waals surface area contributed by atoms with Crippen molar-refractivity contribution >= 4 is 29.6 Å². The van der Waals surface area contributed by atoms with Crippen molar-refractivity contribution in [2.45, 2.75) is 32.7 Å². The van der Waals surface area contributed by atoms with Crippen LogP contribution in [-0.4, -0.2) is 64.3 Å². The van der Waals surface area contributed by atoms with E-state index in [0.29, 0.717) is 0 Å². The van der Waals surface area contributed by atoms with E-state index in [0.717, 1.165) is 67.8 Å². The van der Waals surface area contributed by atoms with Gasteiger partial charge in [-0.25, -0.2) is 0 Å². The lowest BCUT2D eigenvalue weighted by molar-refractivity contribution is 0.278. The van der Waals surface area contributed by atoms with Crippen LogP contribution in [0.15, 0.2) is 61.3 Å². The molecule has 2 aromatic carbocycles. The molecule has 36 heavy (non-hydrogen) atoms. The summed E-state index contributed by atoms with van der Waals surface area (Å²) < 4.78 is 2.02. The molecule has 1 unspecified atom stereocenters. The molecule has 0 bridgehead atoms. The molecule has 1 aromatic heterocycles. The van der Waals surface area contributed by atoms with Crippen LogP contribution in [0.4, 0.5) is 5.69 Å². The van der Waals surface area contributed by atoms with Gasteiger partial charge in [-0.05, 0) is 68.4 Å². The Morgan fingerprint density at radius 3 is 2.44 bits per heavy atom. The second-order valence-corrected chi connectivity index (χ2v) is 9.72. The summed E-state index contributed by atoms with van der Waals surface area (Å²) in [7, 11) is 2.18. The van der Waals surface area contributed by atoms with Crippen molar-refractivity contribution in [1.82, 2.24) is 24.6 Å². The molecular weight excluding hydrogens is 468 g/mol. The predicted molar refractivity (Wildman–Crippen MR) is 152 cm³/mol. The van der Waals surface area contributed by atoms with Crippen LogP contribution in [-0.2, 0) is 0 Å². The van der Waals surface area contributed by atoms with Gasteiger partial charge in [0.1, 0.15) is 0 Å².